The highest BCUT2D eigenvalue weighted by atomic mass is 35.5. The van der Waals surface area contributed by atoms with Crippen LogP contribution in [0.4, 0.5) is 0 Å². The molecule has 0 bridgehead atoms. The van der Waals surface area contributed by atoms with E-state index in [1.807, 2.05) is 12.1 Å². The predicted octanol–water partition coefficient (Wildman–Crippen LogP) is 5.69. The van der Waals surface area contributed by atoms with Gasteiger partial charge in [0.2, 0.25) is 0 Å². The molecule has 0 spiro atoms. The van der Waals surface area contributed by atoms with Gasteiger partial charge >= 0.3 is 0 Å². The van der Waals surface area contributed by atoms with Crippen molar-refractivity contribution in [2.75, 3.05) is 7.11 Å². The first-order valence-electron chi connectivity index (χ1n) is 9.73. The second-order valence-corrected chi connectivity index (χ2v) is 7.09. The van der Waals surface area contributed by atoms with Crippen LogP contribution in [0.5, 0.6) is 5.75 Å². The van der Waals surface area contributed by atoms with E-state index in [4.69, 9.17) is 21.3 Å². The van der Waals surface area contributed by atoms with E-state index in [9.17, 15) is 0 Å². The molecule has 5 nitrogen and oxygen atoms in total. The van der Waals surface area contributed by atoms with Crippen molar-refractivity contribution in [1.29, 1.82) is 0 Å². The van der Waals surface area contributed by atoms with E-state index < -0.39 is 0 Å². The highest BCUT2D eigenvalue weighted by Crippen LogP contribution is 2.33. The number of hydrogen-bond acceptors (Lipinski definition) is 4. The van der Waals surface area contributed by atoms with Gasteiger partial charge in [-0.15, -0.1) is 0 Å². The van der Waals surface area contributed by atoms with Crippen LogP contribution in [-0.4, -0.2) is 26.6 Å². The molecule has 3 aromatic rings. The number of imidazole rings is 1. The second-order valence-electron chi connectivity index (χ2n) is 6.69. The van der Waals surface area contributed by atoms with Gasteiger partial charge in [0.15, 0.2) is 5.65 Å². The average Bonchev–Trinajstić information content (AvgIpc) is 3.05. The van der Waals surface area contributed by atoms with Crippen LogP contribution in [0, 0.1) is 0 Å². The maximum atomic E-state index is 6.48. The molecule has 0 aliphatic rings. The third-order valence-electron chi connectivity index (χ3n) is 4.84. The number of rotatable bonds is 9. The lowest BCUT2D eigenvalue weighted by molar-refractivity contribution is 0.415. The minimum atomic E-state index is 0.599. The van der Waals surface area contributed by atoms with Gasteiger partial charge < -0.3 is 9.30 Å². The van der Waals surface area contributed by atoms with Crippen LogP contribution >= 0.6 is 11.6 Å². The Morgan fingerprint density at radius 1 is 1.07 bits per heavy atom. The fourth-order valence-electron chi connectivity index (χ4n) is 3.37. The summed E-state index contributed by atoms with van der Waals surface area (Å²) < 4.78 is 7.49. The molecule has 0 N–H and O–H groups in total. The first-order valence-corrected chi connectivity index (χ1v) is 10.1. The van der Waals surface area contributed by atoms with Crippen molar-refractivity contribution in [3.8, 4) is 17.0 Å². The molecular weight excluding hydrogens is 360 g/mol. The molecule has 3 rings (SSSR count). The number of halogens is 1. The summed E-state index contributed by atoms with van der Waals surface area (Å²) in [5.41, 5.74) is 3.32. The SMILES string of the molecule is CCCCCCCn1c(CC)nc2c(-c3ccc(OC)cc3Cl)ncnc21. The zero-order chi connectivity index (χ0) is 19.2. The van der Waals surface area contributed by atoms with Crippen LogP contribution in [0.1, 0.15) is 51.8 Å². The van der Waals surface area contributed by atoms with Gasteiger partial charge in [-0.05, 0) is 24.6 Å². The summed E-state index contributed by atoms with van der Waals surface area (Å²) in [5, 5.41) is 0.599. The van der Waals surface area contributed by atoms with E-state index in [2.05, 4.69) is 28.4 Å². The number of aromatic nitrogens is 4. The summed E-state index contributed by atoms with van der Waals surface area (Å²) in [4.78, 5) is 13.9. The molecule has 144 valence electrons. The number of aryl methyl sites for hydroxylation is 2. The van der Waals surface area contributed by atoms with Crippen molar-refractivity contribution in [1.82, 2.24) is 19.5 Å². The number of benzene rings is 1. The number of fused-ring (bicyclic) bond motifs is 1. The van der Waals surface area contributed by atoms with Crippen molar-refractivity contribution in [3.63, 3.8) is 0 Å². The highest BCUT2D eigenvalue weighted by molar-refractivity contribution is 6.33. The molecule has 0 saturated heterocycles. The van der Waals surface area contributed by atoms with Gasteiger partial charge in [0, 0.05) is 18.5 Å². The van der Waals surface area contributed by atoms with Gasteiger partial charge in [-0.25, -0.2) is 15.0 Å². The topological polar surface area (TPSA) is 52.8 Å². The molecule has 0 aliphatic carbocycles. The molecule has 0 aliphatic heterocycles. The van der Waals surface area contributed by atoms with Crippen LogP contribution in [0.3, 0.4) is 0 Å². The van der Waals surface area contributed by atoms with Crippen LogP contribution in [0.15, 0.2) is 24.5 Å². The van der Waals surface area contributed by atoms with Gasteiger partial charge in [-0.1, -0.05) is 51.1 Å². The van der Waals surface area contributed by atoms with Crippen molar-refractivity contribution in [2.24, 2.45) is 0 Å². The number of methoxy groups -OCH3 is 1. The maximum Gasteiger partial charge on any atom is 0.164 e. The van der Waals surface area contributed by atoms with Gasteiger partial charge in [0.25, 0.3) is 0 Å². The molecule has 27 heavy (non-hydrogen) atoms. The van der Waals surface area contributed by atoms with Crippen LogP contribution < -0.4 is 4.74 Å². The third kappa shape index (κ3) is 4.24. The number of unbranched alkanes of at least 4 members (excludes halogenated alkanes) is 4. The first kappa shape index (κ1) is 19.6. The van der Waals surface area contributed by atoms with E-state index in [0.717, 1.165) is 53.4 Å². The van der Waals surface area contributed by atoms with Crippen molar-refractivity contribution in [3.05, 3.63) is 35.4 Å². The number of nitrogens with zero attached hydrogens (tertiary/aromatic N) is 4. The summed E-state index contributed by atoms with van der Waals surface area (Å²) >= 11 is 6.48. The van der Waals surface area contributed by atoms with E-state index in [0.29, 0.717) is 5.02 Å². The van der Waals surface area contributed by atoms with E-state index in [-0.39, 0.29) is 0 Å². The highest BCUT2D eigenvalue weighted by Gasteiger charge is 2.17. The largest absolute Gasteiger partial charge is 0.497 e. The Hall–Kier alpha value is -2.14. The number of hydrogen-bond donors (Lipinski definition) is 0. The van der Waals surface area contributed by atoms with Crippen molar-refractivity contribution < 1.29 is 4.74 Å². The molecule has 0 radical (unpaired) electrons. The zero-order valence-corrected chi connectivity index (χ0v) is 17.1. The molecule has 0 saturated carbocycles. The molecule has 2 heterocycles. The normalized spacial score (nSPS) is 11.3. The Labute approximate surface area is 165 Å². The Balaban J connectivity index is 1.97. The van der Waals surface area contributed by atoms with Crippen LogP contribution in [0.25, 0.3) is 22.4 Å². The predicted molar refractivity (Wildman–Crippen MR) is 110 cm³/mol. The molecule has 1 aromatic carbocycles. The van der Waals surface area contributed by atoms with Crippen molar-refractivity contribution >= 4 is 22.8 Å². The Morgan fingerprint density at radius 3 is 2.59 bits per heavy atom. The maximum absolute atomic E-state index is 6.48. The van der Waals surface area contributed by atoms with Crippen LogP contribution in [-0.2, 0) is 13.0 Å². The third-order valence-corrected chi connectivity index (χ3v) is 5.16. The minimum absolute atomic E-state index is 0.599. The fraction of sp³-hybridized carbons (Fsp3) is 0.476. The molecular formula is C21H27ClN4O. The summed E-state index contributed by atoms with van der Waals surface area (Å²) in [6, 6.07) is 5.62. The molecule has 0 amide bonds. The Kier molecular flexibility index (Phi) is 6.67. The second kappa shape index (κ2) is 9.18. The molecule has 2 aromatic heterocycles. The molecule has 0 atom stereocenters. The van der Waals surface area contributed by atoms with Gasteiger partial charge in [0.05, 0.1) is 12.1 Å². The summed E-state index contributed by atoms with van der Waals surface area (Å²) in [5.74, 6) is 1.77. The lowest BCUT2D eigenvalue weighted by Crippen LogP contribution is -2.04. The molecule has 0 unspecified atom stereocenters. The summed E-state index contributed by atoms with van der Waals surface area (Å²) in [7, 11) is 1.63. The molecule has 6 heteroatoms. The lowest BCUT2D eigenvalue weighted by atomic mass is 10.1. The first-order chi connectivity index (χ1) is 13.2. The zero-order valence-electron chi connectivity index (χ0n) is 16.3. The van der Waals surface area contributed by atoms with E-state index in [1.54, 1.807) is 19.5 Å². The number of ether oxygens (including phenoxy) is 1. The Bertz CT molecular complexity index is 907. The Morgan fingerprint density at radius 2 is 1.89 bits per heavy atom. The summed E-state index contributed by atoms with van der Waals surface area (Å²) in [6.07, 6.45) is 8.68. The van der Waals surface area contributed by atoms with Gasteiger partial charge in [-0.3, -0.25) is 0 Å². The van der Waals surface area contributed by atoms with Crippen LogP contribution in [0.2, 0.25) is 5.02 Å². The van der Waals surface area contributed by atoms with E-state index >= 15 is 0 Å². The van der Waals surface area contributed by atoms with Crippen molar-refractivity contribution in [2.45, 2.75) is 58.9 Å². The van der Waals surface area contributed by atoms with Gasteiger partial charge in [-0.2, -0.15) is 0 Å². The quantitative estimate of drug-likeness (QED) is 0.443. The monoisotopic (exact) mass is 386 g/mol. The smallest absolute Gasteiger partial charge is 0.164 e. The lowest BCUT2D eigenvalue weighted by Gasteiger charge is -2.08. The standard InChI is InChI=1S/C21H27ClN4O/c1-4-6-7-8-9-12-26-18(5-2)25-20-19(23-14-24-21(20)26)16-11-10-15(27-3)13-17(16)22/h10-11,13-14H,4-9,12H2,1-3H3. The minimum Gasteiger partial charge on any atom is -0.497 e. The molecule has 0 fully saturated rings. The average molecular weight is 387 g/mol. The summed E-state index contributed by atoms with van der Waals surface area (Å²) in [6.45, 7) is 5.31. The fourth-order valence-corrected chi connectivity index (χ4v) is 3.63. The van der Waals surface area contributed by atoms with E-state index in [1.165, 1.54) is 25.7 Å². The van der Waals surface area contributed by atoms with Gasteiger partial charge in [0.1, 0.15) is 29.1 Å².